The third-order valence-corrected chi connectivity index (χ3v) is 4.39. The third kappa shape index (κ3) is 4.10. The van der Waals surface area contributed by atoms with Gasteiger partial charge in [0.1, 0.15) is 12.4 Å². The molecule has 0 spiro atoms. The topological polar surface area (TPSA) is 62.3 Å². The highest BCUT2D eigenvalue weighted by atomic mass is 35.5. The first kappa shape index (κ1) is 17.1. The number of imidazole rings is 1. The molecule has 0 fully saturated rings. The Morgan fingerprint density at radius 2 is 1.78 bits per heavy atom. The van der Waals surface area contributed by atoms with E-state index in [1.54, 1.807) is 6.21 Å². The quantitative estimate of drug-likeness (QED) is 0.357. The van der Waals surface area contributed by atoms with Gasteiger partial charge in [0, 0.05) is 16.1 Å². The van der Waals surface area contributed by atoms with E-state index in [0.29, 0.717) is 17.6 Å². The van der Waals surface area contributed by atoms with Gasteiger partial charge in [-0.15, -0.1) is 0 Å². The molecule has 0 atom stereocenters. The van der Waals surface area contributed by atoms with Gasteiger partial charge in [-0.3, -0.25) is 0 Å². The predicted octanol–water partition coefficient (Wildman–Crippen LogP) is 5.24. The van der Waals surface area contributed by atoms with Gasteiger partial charge >= 0.3 is 0 Å². The average molecular weight is 377 g/mol. The summed E-state index contributed by atoms with van der Waals surface area (Å²) in [5, 5.41) is 4.96. The minimum atomic E-state index is 0.390. The molecular weight excluding hydrogens is 360 g/mol. The van der Waals surface area contributed by atoms with Gasteiger partial charge in [-0.05, 0) is 30.3 Å². The van der Waals surface area contributed by atoms with Gasteiger partial charge in [0.25, 0.3) is 0 Å². The van der Waals surface area contributed by atoms with Crippen molar-refractivity contribution in [2.24, 2.45) is 5.10 Å². The average Bonchev–Trinajstić information content (AvgIpc) is 3.11. The number of nitrogens with one attached hydrogen (secondary N) is 2. The van der Waals surface area contributed by atoms with Crippen LogP contribution in [0, 0.1) is 0 Å². The van der Waals surface area contributed by atoms with E-state index >= 15 is 0 Å². The van der Waals surface area contributed by atoms with Crippen molar-refractivity contribution in [3.8, 4) is 5.75 Å². The van der Waals surface area contributed by atoms with E-state index in [2.05, 4.69) is 20.5 Å². The zero-order chi connectivity index (χ0) is 18.5. The minimum Gasteiger partial charge on any atom is -0.488 e. The van der Waals surface area contributed by atoms with Crippen LogP contribution in [0.15, 0.2) is 77.9 Å². The Morgan fingerprint density at radius 1 is 1.00 bits per heavy atom. The molecule has 27 heavy (non-hydrogen) atoms. The highest BCUT2D eigenvalue weighted by Gasteiger charge is 2.04. The number of halogens is 1. The molecule has 0 aliphatic carbocycles. The number of benzene rings is 3. The van der Waals surface area contributed by atoms with Gasteiger partial charge in [0.15, 0.2) is 0 Å². The molecule has 0 aliphatic rings. The fourth-order valence-corrected chi connectivity index (χ4v) is 2.85. The molecule has 134 valence electrons. The third-order valence-electron chi connectivity index (χ3n) is 4.02. The summed E-state index contributed by atoms with van der Waals surface area (Å²) in [5.41, 5.74) is 6.55. The summed E-state index contributed by atoms with van der Waals surface area (Å²) in [7, 11) is 0. The molecule has 0 saturated heterocycles. The largest absolute Gasteiger partial charge is 0.488 e. The molecule has 0 aliphatic heterocycles. The van der Waals surface area contributed by atoms with E-state index in [1.165, 1.54) is 0 Å². The van der Waals surface area contributed by atoms with Gasteiger partial charge in [0.05, 0.1) is 17.2 Å². The number of hydrogen-bond acceptors (Lipinski definition) is 4. The lowest BCUT2D eigenvalue weighted by molar-refractivity contribution is 0.306. The van der Waals surface area contributed by atoms with Crippen molar-refractivity contribution in [3.63, 3.8) is 0 Å². The normalized spacial score (nSPS) is 11.1. The molecule has 6 heteroatoms. The molecule has 5 nitrogen and oxygen atoms in total. The molecule has 0 amide bonds. The molecule has 3 aromatic carbocycles. The molecule has 0 radical (unpaired) electrons. The van der Waals surface area contributed by atoms with Crippen LogP contribution in [0.1, 0.15) is 11.1 Å². The lowest BCUT2D eigenvalue weighted by atomic mass is 10.2. The van der Waals surface area contributed by atoms with Crippen LogP contribution in [0.2, 0.25) is 5.02 Å². The highest BCUT2D eigenvalue weighted by molar-refractivity contribution is 6.31. The number of hydrazone groups is 1. The van der Waals surface area contributed by atoms with Gasteiger partial charge < -0.3 is 9.72 Å². The zero-order valence-electron chi connectivity index (χ0n) is 14.4. The van der Waals surface area contributed by atoms with E-state index in [9.17, 15) is 0 Å². The maximum absolute atomic E-state index is 6.19. The van der Waals surface area contributed by atoms with E-state index in [0.717, 1.165) is 27.9 Å². The van der Waals surface area contributed by atoms with Crippen LogP contribution >= 0.6 is 11.6 Å². The Labute approximate surface area is 161 Å². The second kappa shape index (κ2) is 7.93. The second-order valence-corrected chi connectivity index (χ2v) is 6.30. The SMILES string of the molecule is Clc1ccccc1COc1ccccc1/C=N\Nc1nc2ccccc2[nH]1. The Bertz CT molecular complexity index is 1060. The smallest absolute Gasteiger partial charge is 0.222 e. The number of nitrogens with zero attached hydrogens (tertiary/aromatic N) is 2. The second-order valence-electron chi connectivity index (χ2n) is 5.89. The van der Waals surface area contributed by atoms with Crippen LogP contribution in [0.4, 0.5) is 5.95 Å². The zero-order valence-corrected chi connectivity index (χ0v) is 15.1. The summed E-state index contributed by atoms with van der Waals surface area (Å²) in [5.74, 6) is 1.31. The highest BCUT2D eigenvalue weighted by Crippen LogP contribution is 2.21. The lowest BCUT2D eigenvalue weighted by Gasteiger charge is -2.10. The van der Waals surface area contributed by atoms with Crippen LogP contribution in [0.25, 0.3) is 11.0 Å². The van der Waals surface area contributed by atoms with Crippen molar-refractivity contribution in [2.75, 3.05) is 5.43 Å². The van der Waals surface area contributed by atoms with Crippen molar-refractivity contribution in [1.82, 2.24) is 9.97 Å². The fraction of sp³-hybridized carbons (Fsp3) is 0.0476. The van der Waals surface area contributed by atoms with Crippen molar-refractivity contribution in [2.45, 2.75) is 6.61 Å². The molecule has 1 heterocycles. The van der Waals surface area contributed by atoms with E-state index < -0.39 is 0 Å². The maximum atomic E-state index is 6.19. The Kier molecular flexibility index (Phi) is 5.03. The fourth-order valence-electron chi connectivity index (χ4n) is 2.66. The molecule has 1 aromatic heterocycles. The Hall–Kier alpha value is -3.31. The monoisotopic (exact) mass is 376 g/mol. The Balaban J connectivity index is 1.45. The standard InChI is InChI=1S/C21H17ClN4O/c22-17-9-3-1-8-16(17)14-27-20-12-6-2-7-15(20)13-23-26-21-24-18-10-4-5-11-19(18)25-21/h1-13H,14H2,(H2,24,25,26)/b23-13-. The van der Waals surface area contributed by atoms with Crippen LogP contribution in [-0.4, -0.2) is 16.2 Å². The molecule has 0 bridgehead atoms. The van der Waals surface area contributed by atoms with E-state index in [1.807, 2.05) is 72.8 Å². The van der Waals surface area contributed by atoms with Gasteiger partial charge in [-0.1, -0.05) is 54.1 Å². The van der Waals surface area contributed by atoms with Crippen LogP contribution < -0.4 is 10.2 Å². The van der Waals surface area contributed by atoms with Crippen LogP contribution in [0.5, 0.6) is 5.75 Å². The molecule has 4 rings (SSSR count). The van der Waals surface area contributed by atoms with E-state index in [-0.39, 0.29) is 0 Å². The number of aromatic nitrogens is 2. The maximum Gasteiger partial charge on any atom is 0.222 e. The summed E-state index contributed by atoms with van der Waals surface area (Å²) in [6.07, 6.45) is 1.70. The number of ether oxygens (including phenoxy) is 1. The first-order valence-electron chi connectivity index (χ1n) is 8.49. The number of hydrogen-bond donors (Lipinski definition) is 2. The first-order valence-corrected chi connectivity index (χ1v) is 8.86. The summed E-state index contributed by atoms with van der Waals surface area (Å²) in [4.78, 5) is 7.59. The van der Waals surface area contributed by atoms with Crippen molar-refractivity contribution < 1.29 is 4.74 Å². The molecule has 2 N–H and O–H groups in total. The lowest BCUT2D eigenvalue weighted by Crippen LogP contribution is -2.00. The molecule has 0 saturated carbocycles. The van der Waals surface area contributed by atoms with Gasteiger partial charge in [-0.2, -0.15) is 5.10 Å². The summed E-state index contributed by atoms with van der Waals surface area (Å²) in [6.45, 7) is 0.390. The molecule has 0 unspecified atom stereocenters. The first-order chi connectivity index (χ1) is 13.3. The molecular formula is C21H17ClN4O. The minimum absolute atomic E-state index is 0.390. The van der Waals surface area contributed by atoms with Crippen LogP contribution in [-0.2, 0) is 6.61 Å². The van der Waals surface area contributed by atoms with Crippen molar-refractivity contribution >= 4 is 34.8 Å². The van der Waals surface area contributed by atoms with Crippen molar-refractivity contribution in [1.29, 1.82) is 0 Å². The predicted molar refractivity (Wildman–Crippen MR) is 110 cm³/mol. The molecule has 4 aromatic rings. The Morgan fingerprint density at radius 3 is 2.67 bits per heavy atom. The van der Waals surface area contributed by atoms with Crippen LogP contribution in [0.3, 0.4) is 0 Å². The summed E-state index contributed by atoms with van der Waals surface area (Å²) >= 11 is 6.19. The van der Waals surface area contributed by atoms with Gasteiger partial charge in [0.2, 0.25) is 5.95 Å². The summed E-state index contributed by atoms with van der Waals surface area (Å²) < 4.78 is 5.93. The number of H-pyrrole nitrogens is 1. The number of fused-ring (bicyclic) bond motifs is 1. The number of aromatic amines is 1. The van der Waals surface area contributed by atoms with Gasteiger partial charge in [-0.25, -0.2) is 10.4 Å². The van der Waals surface area contributed by atoms with E-state index in [4.69, 9.17) is 16.3 Å². The summed E-state index contributed by atoms with van der Waals surface area (Å²) in [6, 6.07) is 23.1. The number of anilines is 1. The van der Waals surface area contributed by atoms with Crippen molar-refractivity contribution in [3.05, 3.63) is 88.9 Å². The number of para-hydroxylation sites is 3. The number of rotatable bonds is 6.